The van der Waals surface area contributed by atoms with Crippen LogP contribution in [0.4, 0.5) is 4.79 Å². The Kier molecular flexibility index (Phi) is 2.28. The minimum atomic E-state index is -0.571. The van der Waals surface area contributed by atoms with Gasteiger partial charge in [0.15, 0.2) is 0 Å². The van der Waals surface area contributed by atoms with Crippen molar-refractivity contribution in [2.24, 2.45) is 5.73 Å². The van der Waals surface area contributed by atoms with E-state index in [-0.39, 0.29) is 6.03 Å². The van der Waals surface area contributed by atoms with Crippen molar-refractivity contribution in [3.63, 3.8) is 0 Å². The first-order valence-electron chi connectivity index (χ1n) is 3.42. The lowest BCUT2D eigenvalue weighted by atomic mass is 10.3. The Labute approximate surface area is 64.8 Å². The summed E-state index contributed by atoms with van der Waals surface area (Å²) in [6.07, 6.45) is 0. The molecule has 0 aromatic heterocycles. The first kappa shape index (κ1) is 7.82. The molecule has 1 saturated heterocycles. The number of nitrogens with zero attached hydrogens (tertiary/aromatic N) is 2. The molecule has 0 aromatic carbocycles. The second kappa shape index (κ2) is 3.21. The van der Waals surface area contributed by atoms with Crippen LogP contribution in [0, 0.1) is 11.3 Å². The monoisotopic (exact) mass is 154 g/mol. The van der Waals surface area contributed by atoms with E-state index in [0.29, 0.717) is 19.6 Å². The normalized spacial score (nSPS) is 19.3. The Hall–Kier alpha value is -1.28. The van der Waals surface area contributed by atoms with Crippen LogP contribution < -0.4 is 11.1 Å². The molecule has 1 rings (SSSR count). The van der Waals surface area contributed by atoms with E-state index in [4.69, 9.17) is 11.0 Å². The van der Waals surface area contributed by atoms with Gasteiger partial charge in [0.2, 0.25) is 0 Å². The molecule has 11 heavy (non-hydrogen) atoms. The molecule has 5 heteroatoms. The number of carbonyl (C=O) groups is 1. The second-order valence-corrected chi connectivity index (χ2v) is 2.41. The van der Waals surface area contributed by atoms with E-state index >= 15 is 0 Å². The number of urea groups is 1. The summed E-state index contributed by atoms with van der Waals surface area (Å²) >= 11 is 0. The number of amides is 2. The fraction of sp³-hybridized carbons (Fsp3) is 0.667. The van der Waals surface area contributed by atoms with Crippen LogP contribution in [0.5, 0.6) is 0 Å². The predicted molar refractivity (Wildman–Crippen MR) is 38.6 cm³/mol. The maximum Gasteiger partial charge on any atom is 0.317 e. The molecule has 0 spiro atoms. The molecule has 0 aliphatic carbocycles. The van der Waals surface area contributed by atoms with E-state index in [0.717, 1.165) is 0 Å². The van der Waals surface area contributed by atoms with Gasteiger partial charge in [-0.05, 0) is 0 Å². The molecule has 1 fully saturated rings. The zero-order chi connectivity index (χ0) is 8.27. The SMILES string of the molecule is N#CC(N)CN1CCNC1=O. The first-order chi connectivity index (χ1) is 5.24. The quantitative estimate of drug-likeness (QED) is 0.527. The number of nitriles is 1. The van der Waals surface area contributed by atoms with Gasteiger partial charge < -0.3 is 16.0 Å². The van der Waals surface area contributed by atoms with Crippen molar-refractivity contribution in [1.82, 2.24) is 10.2 Å². The van der Waals surface area contributed by atoms with E-state index in [2.05, 4.69) is 5.32 Å². The molecular formula is C6H10N4O. The molecule has 5 nitrogen and oxygen atoms in total. The van der Waals surface area contributed by atoms with E-state index in [9.17, 15) is 4.79 Å². The highest BCUT2D eigenvalue weighted by atomic mass is 16.2. The number of nitrogens with two attached hydrogens (primary N) is 1. The van der Waals surface area contributed by atoms with Crippen molar-refractivity contribution in [3.05, 3.63) is 0 Å². The average molecular weight is 154 g/mol. The van der Waals surface area contributed by atoms with Crippen molar-refractivity contribution in [1.29, 1.82) is 5.26 Å². The Balaban J connectivity index is 2.38. The molecule has 60 valence electrons. The van der Waals surface area contributed by atoms with Gasteiger partial charge >= 0.3 is 6.03 Å². The molecule has 0 radical (unpaired) electrons. The van der Waals surface area contributed by atoms with Crippen molar-refractivity contribution < 1.29 is 4.79 Å². The van der Waals surface area contributed by atoms with Crippen LogP contribution in [0.15, 0.2) is 0 Å². The first-order valence-corrected chi connectivity index (χ1v) is 3.42. The summed E-state index contributed by atoms with van der Waals surface area (Å²) in [4.78, 5) is 12.4. The smallest absolute Gasteiger partial charge is 0.317 e. The van der Waals surface area contributed by atoms with Gasteiger partial charge in [-0.15, -0.1) is 0 Å². The Morgan fingerprint density at radius 2 is 2.64 bits per heavy atom. The third kappa shape index (κ3) is 1.82. The van der Waals surface area contributed by atoms with E-state index < -0.39 is 6.04 Å². The summed E-state index contributed by atoms with van der Waals surface area (Å²) in [5.41, 5.74) is 5.33. The molecule has 3 N–H and O–H groups in total. The van der Waals surface area contributed by atoms with Crippen LogP contribution in [0.25, 0.3) is 0 Å². The average Bonchev–Trinajstić information content (AvgIpc) is 2.37. The maximum absolute atomic E-state index is 10.9. The van der Waals surface area contributed by atoms with Crippen molar-refractivity contribution in [2.45, 2.75) is 6.04 Å². The van der Waals surface area contributed by atoms with Crippen LogP contribution in [0.1, 0.15) is 0 Å². The molecule has 0 bridgehead atoms. The molecule has 2 amide bonds. The summed E-state index contributed by atoms with van der Waals surface area (Å²) in [5.74, 6) is 0. The lowest BCUT2D eigenvalue weighted by Crippen LogP contribution is -2.38. The molecule has 1 aliphatic rings. The Bertz CT molecular complexity index is 197. The number of hydrogen-bond donors (Lipinski definition) is 2. The van der Waals surface area contributed by atoms with Crippen molar-refractivity contribution in [3.8, 4) is 6.07 Å². The van der Waals surface area contributed by atoms with Crippen LogP contribution in [-0.4, -0.2) is 36.6 Å². The van der Waals surface area contributed by atoms with Gasteiger partial charge in [0.25, 0.3) is 0 Å². The van der Waals surface area contributed by atoms with Gasteiger partial charge in [0.05, 0.1) is 12.6 Å². The molecular weight excluding hydrogens is 144 g/mol. The summed E-state index contributed by atoms with van der Waals surface area (Å²) in [6, 6.07) is 1.17. The van der Waals surface area contributed by atoms with Gasteiger partial charge in [-0.1, -0.05) is 0 Å². The Morgan fingerprint density at radius 3 is 3.09 bits per heavy atom. The zero-order valence-electron chi connectivity index (χ0n) is 6.08. The summed E-state index contributed by atoms with van der Waals surface area (Å²) in [5, 5.41) is 11.0. The molecule has 1 heterocycles. The highest BCUT2D eigenvalue weighted by Crippen LogP contribution is 1.96. The van der Waals surface area contributed by atoms with Crippen LogP contribution >= 0.6 is 0 Å². The molecule has 1 aliphatic heterocycles. The minimum Gasteiger partial charge on any atom is -0.336 e. The molecule has 1 unspecified atom stereocenters. The largest absolute Gasteiger partial charge is 0.336 e. The van der Waals surface area contributed by atoms with E-state index in [1.165, 1.54) is 4.90 Å². The lowest BCUT2D eigenvalue weighted by molar-refractivity contribution is 0.216. The molecule has 0 saturated carbocycles. The van der Waals surface area contributed by atoms with Gasteiger partial charge in [-0.3, -0.25) is 0 Å². The van der Waals surface area contributed by atoms with Crippen LogP contribution in [-0.2, 0) is 0 Å². The van der Waals surface area contributed by atoms with Gasteiger partial charge in [0, 0.05) is 13.1 Å². The lowest BCUT2D eigenvalue weighted by Gasteiger charge is -2.14. The Morgan fingerprint density at radius 1 is 1.91 bits per heavy atom. The molecule has 0 aromatic rings. The van der Waals surface area contributed by atoms with Crippen LogP contribution in [0.3, 0.4) is 0 Å². The highest BCUT2D eigenvalue weighted by Gasteiger charge is 2.20. The predicted octanol–water partition coefficient (Wildman–Crippen LogP) is -1.14. The molecule has 1 atom stereocenters. The van der Waals surface area contributed by atoms with E-state index in [1.807, 2.05) is 6.07 Å². The van der Waals surface area contributed by atoms with E-state index in [1.54, 1.807) is 0 Å². The number of hydrogen-bond acceptors (Lipinski definition) is 3. The number of carbonyl (C=O) groups excluding carboxylic acids is 1. The number of rotatable bonds is 2. The summed E-state index contributed by atoms with van der Waals surface area (Å²) in [7, 11) is 0. The third-order valence-corrected chi connectivity index (χ3v) is 1.53. The number of nitrogens with one attached hydrogen (secondary N) is 1. The maximum atomic E-state index is 10.9. The minimum absolute atomic E-state index is 0.129. The van der Waals surface area contributed by atoms with Crippen molar-refractivity contribution in [2.75, 3.05) is 19.6 Å². The summed E-state index contributed by atoms with van der Waals surface area (Å²) < 4.78 is 0. The highest BCUT2D eigenvalue weighted by molar-refractivity contribution is 5.76. The van der Waals surface area contributed by atoms with Gasteiger partial charge in [-0.25, -0.2) is 4.79 Å². The van der Waals surface area contributed by atoms with Crippen molar-refractivity contribution >= 4 is 6.03 Å². The summed E-state index contributed by atoms with van der Waals surface area (Å²) in [6.45, 7) is 1.62. The fourth-order valence-corrected chi connectivity index (χ4v) is 0.964. The fourth-order valence-electron chi connectivity index (χ4n) is 0.964. The van der Waals surface area contributed by atoms with Gasteiger partial charge in [0.1, 0.15) is 6.04 Å². The van der Waals surface area contributed by atoms with Gasteiger partial charge in [-0.2, -0.15) is 5.26 Å². The zero-order valence-corrected chi connectivity index (χ0v) is 6.08. The third-order valence-electron chi connectivity index (χ3n) is 1.53. The topological polar surface area (TPSA) is 82.2 Å². The standard InChI is InChI=1S/C6H10N4O/c7-3-5(8)4-10-2-1-9-6(10)11/h5H,1-2,4,8H2,(H,9,11). The van der Waals surface area contributed by atoms with Crippen LogP contribution in [0.2, 0.25) is 0 Å². The second-order valence-electron chi connectivity index (χ2n) is 2.41.